The number of halogens is 3. The fraction of sp³-hybridized carbons (Fsp3) is 0.484. The summed E-state index contributed by atoms with van der Waals surface area (Å²) in [5.41, 5.74) is 3.43. The third kappa shape index (κ3) is 26.1. The Hall–Kier alpha value is -7.68. The molecule has 7 rings (SSSR count). The van der Waals surface area contributed by atoms with Crippen LogP contribution in [0.2, 0.25) is 0 Å². The van der Waals surface area contributed by atoms with Crippen LogP contribution in [-0.2, 0) is 59.0 Å². The molecular formula is C64H86F3N11O10S. The van der Waals surface area contributed by atoms with E-state index >= 15 is 0 Å². The lowest BCUT2D eigenvalue weighted by Gasteiger charge is -2.32. The summed E-state index contributed by atoms with van der Waals surface area (Å²) in [5, 5.41) is 14.5. The van der Waals surface area contributed by atoms with Gasteiger partial charge in [-0.15, -0.1) is 11.3 Å². The number of nitrogens with two attached hydrogens (primary N) is 1. The molecular weight excluding hydrogens is 1170 g/mol. The van der Waals surface area contributed by atoms with E-state index in [0.29, 0.717) is 118 Å². The molecule has 2 fully saturated rings. The van der Waals surface area contributed by atoms with E-state index in [1.165, 1.54) is 30.6 Å². The minimum Gasteiger partial charge on any atom is -0.497 e. The van der Waals surface area contributed by atoms with Crippen LogP contribution in [0.5, 0.6) is 17.2 Å². The van der Waals surface area contributed by atoms with Gasteiger partial charge in [-0.25, -0.2) is 4.98 Å². The summed E-state index contributed by atoms with van der Waals surface area (Å²) < 4.78 is 74.1. The van der Waals surface area contributed by atoms with Gasteiger partial charge in [0.15, 0.2) is 5.13 Å². The maximum atomic E-state index is 14.0. The SMILES string of the molecule is CN1CCN(C(=O)Cc2csc(NC=O)n2)CC1.CNc1ccc(OCCOCCN=C/C(CCOCCOCCN(C)CCCCOc2ccc(CCC(=O)N(C3CC3)C(C(=O)NCc3cccc(C(F)(F)F)c3)c3ccc(OC)cc3)cc2)=N\N)cc1. The average Bonchev–Trinajstić information content (AvgIpc) is 2.17. The minimum atomic E-state index is -4.51. The van der Waals surface area contributed by atoms with Gasteiger partial charge >= 0.3 is 6.18 Å². The molecule has 1 saturated heterocycles. The quantitative estimate of drug-likeness (QED) is 0.00972. The number of hydrogen-bond donors (Lipinski definition) is 4. The zero-order valence-corrected chi connectivity index (χ0v) is 52.2. The van der Waals surface area contributed by atoms with Crippen LogP contribution < -0.4 is 36.0 Å². The third-order valence-corrected chi connectivity index (χ3v) is 15.3. The summed E-state index contributed by atoms with van der Waals surface area (Å²) in [6.07, 6.45) is 2.55. The number of carbonyl (C=O) groups is 4. The number of aryl methyl sites for hydroxylation is 1. The number of nitrogens with zero attached hydrogens (tertiary/aromatic N) is 7. The highest BCUT2D eigenvalue weighted by molar-refractivity contribution is 7.13. The first-order chi connectivity index (χ1) is 43.2. The van der Waals surface area contributed by atoms with Crippen molar-refractivity contribution in [3.8, 4) is 17.2 Å². The van der Waals surface area contributed by atoms with Crippen LogP contribution in [0.25, 0.3) is 0 Å². The van der Waals surface area contributed by atoms with Crippen molar-refractivity contribution in [3.63, 3.8) is 0 Å². The molecule has 1 aromatic heterocycles. The molecule has 0 radical (unpaired) electrons. The Bertz CT molecular complexity index is 2950. The number of methoxy groups -OCH3 is 1. The van der Waals surface area contributed by atoms with Gasteiger partial charge in [0.05, 0.1) is 83.3 Å². The van der Waals surface area contributed by atoms with Crippen LogP contribution in [0.15, 0.2) is 113 Å². The van der Waals surface area contributed by atoms with Gasteiger partial charge in [0, 0.05) is 82.5 Å². The van der Waals surface area contributed by atoms with E-state index in [1.54, 1.807) is 40.8 Å². The molecule has 1 atom stereocenters. The lowest BCUT2D eigenvalue weighted by molar-refractivity contribution is -0.141. The van der Waals surface area contributed by atoms with Gasteiger partial charge in [-0.1, -0.05) is 36.4 Å². The number of amides is 4. The highest BCUT2D eigenvalue weighted by Crippen LogP contribution is 2.37. The molecule has 5 N–H and O–H groups in total. The minimum absolute atomic E-state index is 0.103. The van der Waals surface area contributed by atoms with Crippen molar-refractivity contribution in [1.29, 1.82) is 0 Å². The number of thiazole rings is 1. The fourth-order valence-corrected chi connectivity index (χ4v) is 9.90. The zero-order valence-electron chi connectivity index (χ0n) is 51.4. The van der Waals surface area contributed by atoms with Gasteiger partial charge in [0.2, 0.25) is 24.1 Å². The van der Waals surface area contributed by atoms with Gasteiger partial charge in [0.25, 0.3) is 0 Å². The summed E-state index contributed by atoms with van der Waals surface area (Å²) in [7, 11) is 7.53. The number of hydrazone groups is 1. The highest BCUT2D eigenvalue weighted by atomic mass is 32.1. The number of anilines is 2. The maximum Gasteiger partial charge on any atom is 0.416 e. The first-order valence-electron chi connectivity index (χ1n) is 30.0. The van der Waals surface area contributed by atoms with Crippen LogP contribution in [0.3, 0.4) is 0 Å². The molecule has 4 amide bonds. The van der Waals surface area contributed by atoms with Crippen molar-refractivity contribution in [3.05, 3.63) is 130 Å². The summed E-state index contributed by atoms with van der Waals surface area (Å²) in [6, 6.07) is 26.1. The molecule has 5 aromatic rings. The lowest BCUT2D eigenvalue weighted by Crippen LogP contribution is -2.47. The van der Waals surface area contributed by atoms with Crippen LogP contribution in [0, 0.1) is 0 Å². The molecule has 25 heteroatoms. The first-order valence-corrected chi connectivity index (χ1v) is 30.8. The number of aliphatic imine (C=N–C) groups is 1. The molecule has 4 aromatic carbocycles. The van der Waals surface area contributed by atoms with Crippen LogP contribution in [0.1, 0.15) is 72.5 Å². The number of hydrogen-bond acceptors (Lipinski definition) is 18. The summed E-state index contributed by atoms with van der Waals surface area (Å²) >= 11 is 1.33. The van der Waals surface area contributed by atoms with E-state index in [-0.39, 0.29) is 30.8 Å². The van der Waals surface area contributed by atoms with Crippen molar-refractivity contribution in [2.75, 3.05) is 138 Å². The Morgan fingerprint density at radius 2 is 1.48 bits per heavy atom. The Morgan fingerprint density at radius 3 is 2.16 bits per heavy atom. The predicted molar refractivity (Wildman–Crippen MR) is 339 cm³/mol. The zero-order chi connectivity index (χ0) is 63.6. The lowest BCUT2D eigenvalue weighted by atomic mass is 10.0. The molecule has 0 spiro atoms. The largest absolute Gasteiger partial charge is 0.497 e. The van der Waals surface area contributed by atoms with Crippen LogP contribution in [0.4, 0.5) is 24.0 Å². The van der Waals surface area contributed by atoms with Crippen LogP contribution in [-0.4, -0.2) is 194 Å². The van der Waals surface area contributed by atoms with Crippen molar-refractivity contribution in [2.24, 2.45) is 15.9 Å². The highest BCUT2D eigenvalue weighted by Gasteiger charge is 2.41. The fourth-order valence-electron chi connectivity index (χ4n) is 9.23. The number of carbonyl (C=O) groups excluding carboxylic acids is 4. The van der Waals surface area contributed by atoms with Crippen LogP contribution >= 0.6 is 11.3 Å². The van der Waals surface area contributed by atoms with E-state index in [9.17, 15) is 32.3 Å². The van der Waals surface area contributed by atoms with Gasteiger partial charge in [-0.3, -0.25) is 24.2 Å². The van der Waals surface area contributed by atoms with Crippen molar-refractivity contribution < 1.29 is 60.8 Å². The Balaban J connectivity index is 0.000000595. The number of piperazine rings is 1. The number of ether oxygens (including phenoxy) is 6. The smallest absolute Gasteiger partial charge is 0.416 e. The molecule has 2 aliphatic rings. The van der Waals surface area contributed by atoms with Gasteiger partial charge < -0.3 is 69.8 Å². The second-order valence-electron chi connectivity index (χ2n) is 21.3. The number of nitrogens with one attached hydrogen (secondary N) is 3. The van der Waals surface area contributed by atoms with E-state index in [1.807, 2.05) is 60.5 Å². The standard InChI is InChI=1S/C53H70F3N7O8.C11H16N4O2S/c1-58-44-14-22-49(23-15-44)71-36-35-68-31-26-59-39-45(61-57)25-30-67-33-34-69-32-28-62(2)27-4-5-29-70-48-18-9-40(10-19-48)11-24-50(64)63(46-16-17-46)51(42-12-20-47(66-3)21-13-42)52(65)60-38-41-7-6-8-43(37-41)53(54,55)56;1-14-2-4-15(5-3-14)10(17)6-9-7-18-11(13-9)12-8-16/h6-10,12-15,18-23,37,39,46,51,58H,4-5,11,16-17,24-36,38,57H2,1-3H3,(H,60,65);7-8H,2-6H2,1H3,(H,12,13,16)/b59-39?,61-45-;. The molecule has 2 heterocycles. The van der Waals surface area contributed by atoms with E-state index in [0.717, 1.165) is 99.8 Å². The molecule has 1 saturated carbocycles. The van der Waals surface area contributed by atoms with E-state index in [2.05, 4.69) is 54.9 Å². The van der Waals surface area contributed by atoms with Gasteiger partial charge in [-0.05, 0) is 130 Å². The second kappa shape index (κ2) is 38.7. The predicted octanol–water partition coefficient (Wildman–Crippen LogP) is 7.76. The molecule has 0 bridgehead atoms. The molecule has 21 nitrogen and oxygen atoms in total. The Kier molecular flexibility index (Phi) is 30.6. The third-order valence-electron chi connectivity index (χ3n) is 14.5. The Morgan fingerprint density at radius 1 is 0.809 bits per heavy atom. The normalized spacial score (nSPS) is 14.0. The van der Waals surface area contributed by atoms with Crippen molar-refractivity contribution in [2.45, 2.75) is 76.2 Å². The monoisotopic (exact) mass is 1260 g/mol. The molecule has 1 aliphatic carbocycles. The number of benzene rings is 4. The molecule has 89 heavy (non-hydrogen) atoms. The molecule has 1 aliphatic heterocycles. The number of likely N-dealkylation sites (N-methyl/N-ethyl adjacent to an activating group) is 2. The van der Waals surface area contributed by atoms with E-state index in [4.69, 9.17) is 34.3 Å². The topological polar surface area (TPSA) is 236 Å². The second-order valence-corrected chi connectivity index (χ2v) is 22.1. The number of unbranched alkanes of at least 4 members (excludes halogenated alkanes) is 1. The van der Waals surface area contributed by atoms with Gasteiger partial charge in [-0.2, -0.15) is 18.3 Å². The van der Waals surface area contributed by atoms with E-state index < -0.39 is 23.7 Å². The Labute approximate surface area is 524 Å². The number of aromatic nitrogens is 1. The number of rotatable bonds is 38. The summed E-state index contributed by atoms with van der Waals surface area (Å²) in [4.78, 5) is 66.6. The molecule has 484 valence electrons. The number of alkyl halides is 3. The summed E-state index contributed by atoms with van der Waals surface area (Å²) in [5.74, 6) is 7.10. The average molecular weight is 1260 g/mol. The van der Waals surface area contributed by atoms with Crippen molar-refractivity contribution in [1.82, 2.24) is 29.9 Å². The summed E-state index contributed by atoms with van der Waals surface area (Å²) in [6.45, 7) is 9.42. The first kappa shape index (κ1) is 70.4. The van der Waals surface area contributed by atoms with Crippen molar-refractivity contribution >= 4 is 58.2 Å². The molecule has 1 unspecified atom stereocenters. The maximum absolute atomic E-state index is 14.0. The van der Waals surface area contributed by atoms with Gasteiger partial charge in [0.1, 0.15) is 29.9 Å².